The average Bonchev–Trinajstić information content (AvgIpc) is 2.15. The van der Waals surface area contributed by atoms with E-state index in [-0.39, 0.29) is 0 Å². The zero-order valence-corrected chi connectivity index (χ0v) is 10.3. The monoisotopic (exact) mass is 271 g/mol. The number of benzene rings is 1. The van der Waals surface area contributed by atoms with Gasteiger partial charge in [-0.25, -0.2) is 4.79 Å². The first-order valence-corrected chi connectivity index (χ1v) is 5.55. The van der Waals surface area contributed by atoms with Crippen LogP contribution in [-0.2, 0) is 6.54 Å². The van der Waals surface area contributed by atoms with E-state index in [1.54, 1.807) is 12.1 Å². The van der Waals surface area contributed by atoms with E-state index >= 15 is 0 Å². The molecule has 0 saturated heterocycles. The average molecular weight is 272 g/mol. The predicted octanol–water partition coefficient (Wildman–Crippen LogP) is 2.65. The minimum atomic E-state index is -0.904. The molecule has 0 atom stereocenters. The quantitative estimate of drug-likeness (QED) is 0.885. The molecule has 0 bridgehead atoms. The first-order chi connectivity index (χ1) is 7.00. The van der Waals surface area contributed by atoms with Crippen LogP contribution in [0.5, 0.6) is 0 Å². The van der Waals surface area contributed by atoms with Gasteiger partial charge >= 0.3 is 5.97 Å². The van der Waals surface area contributed by atoms with Crippen LogP contribution in [0, 0.1) is 0 Å². The van der Waals surface area contributed by atoms with Gasteiger partial charge in [-0.2, -0.15) is 0 Å². The molecule has 0 aliphatic heterocycles. The molecule has 0 aromatic heterocycles. The van der Waals surface area contributed by atoms with E-state index in [1.165, 1.54) is 0 Å². The van der Waals surface area contributed by atoms with Crippen LogP contribution in [0.25, 0.3) is 0 Å². The third kappa shape index (κ3) is 3.64. The van der Waals surface area contributed by atoms with Crippen molar-refractivity contribution in [3.8, 4) is 0 Å². The van der Waals surface area contributed by atoms with Gasteiger partial charge in [0, 0.05) is 17.1 Å². The molecule has 0 aliphatic carbocycles. The van der Waals surface area contributed by atoms with Crippen molar-refractivity contribution in [2.24, 2.45) is 0 Å². The standard InChI is InChI=1S/C11H14BrNO2/c1-7(2)13-6-9-4-3-8(11(14)15)5-10(9)12/h3-5,7,13H,6H2,1-2H3,(H,14,15). The number of carbonyl (C=O) groups is 1. The first kappa shape index (κ1) is 12.2. The van der Waals surface area contributed by atoms with Crippen molar-refractivity contribution >= 4 is 21.9 Å². The first-order valence-electron chi connectivity index (χ1n) is 4.76. The Bertz CT molecular complexity index is 364. The Labute approximate surface area is 97.6 Å². The maximum Gasteiger partial charge on any atom is 0.335 e. The number of halogens is 1. The molecule has 0 aliphatic rings. The molecule has 4 heteroatoms. The lowest BCUT2D eigenvalue weighted by atomic mass is 10.1. The molecule has 1 aromatic carbocycles. The van der Waals surface area contributed by atoms with Crippen molar-refractivity contribution < 1.29 is 9.90 Å². The highest BCUT2D eigenvalue weighted by molar-refractivity contribution is 9.10. The van der Waals surface area contributed by atoms with Gasteiger partial charge in [-0.05, 0) is 17.7 Å². The van der Waals surface area contributed by atoms with E-state index in [2.05, 4.69) is 35.1 Å². The maximum absolute atomic E-state index is 10.7. The van der Waals surface area contributed by atoms with Gasteiger partial charge in [0.25, 0.3) is 0 Å². The number of hydrogen-bond donors (Lipinski definition) is 2. The summed E-state index contributed by atoms with van der Waals surface area (Å²) in [7, 11) is 0. The zero-order valence-electron chi connectivity index (χ0n) is 8.75. The van der Waals surface area contributed by atoms with Crippen molar-refractivity contribution in [2.45, 2.75) is 26.4 Å². The molecule has 3 nitrogen and oxygen atoms in total. The molecule has 1 aromatic rings. The number of aromatic carboxylic acids is 1. The molecule has 0 radical (unpaired) electrons. The molecular weight excluding hydrogens is 258 g/mol. The van der Waals surface area contributed by atoms with Crippen LogP contribution in [0.3, 0.4) is 0 Å². The predicted molar refractivity (Wildman–Crippen MR) is 63.1 cm³/mol. The maximum atomic E-state index is 10.7. The van der Waals surface area contributed by atoms with Gasteiger partial charge in [0.15, 0.2) is 0 Å². The number of rotatable bonds is 4. The number of nitrogens with one attached hydrogen (secondary N) is 1. The molecule has 0 fully saturated rings. The molecule has 0 unspecified atom stereocenters. The molecule has 0 saturated carbocycles. The minimum Gasteiger partial charge on any atom is -0.478 e. The Hall–Kier alpha value is -0.870. The second kappa shape index (κ2) is 5.28. The lowest BCUT2D eigenvalue weighted by Crippen LogP contribution is -2.22. The normalized spacial score (nSPS) is 10.7. The summed E-state index contributed by atoms with van der Waals surface area (Å²) in [5, 5.41) is 12.1. The van der Waals surface area contributed by atoms with Gasteiger partial charge in [0.1, 0.15) is 0 Å². The fourth-order valence-electron chi connectivity index (χ4n) is 1.14. The van der Waals surface area contributed by atoms with Crippen LogP contribution in [0.4, 0.5) is 0 Å². The summed E-state index contributed by atoms with van der Waals surface area (Å²) in [6.45, 7) is 4.87. The van der Waals surface area contributed by atoms with Gasteiger partial charge in [-0.1, -0.05) is 35.8 Å². The SMILES string of the molecule is CC(C)NCc1ccc(C(=O)O)cc1Br. The summed E-state index contributed by atoms with van der Waals surface area (Å²) >= 11 is 3.36. The smallest absolute Gasteiger partial charge is 0.335 e. The van der Waals surface area contributed by atoms with Gasteiger partial charge in [0.2, 0.25) is 0 Å². The van der Waals surface area contributed by atoms with Crippen LogP contribution in [0.2, 0.25) is 0 Å². The van der Waals surface area contributed by atoms with Gasteiger partial charge in [-0.15, -0.1) is 0 Å². The Morgan fingerprint density at radius 2 is 2.20 bits per heavy atom. The van der Waals surface area contributed by atoms with Crippen molar-refractivity contribution in [2.75, 3.05) is 0 Å². The van der Waals surface area contributed by atoms with Crippen molar-refractivity contribution in [1.82, 2.24) is 5.32 Å². The van der Waals surface area contributed by atoms with Crippen LogP contribution in [0.15, 0.2) is 22.7 Å². The largest absolute Gasteiger partial charge is 0.478 e. The topological polar surface area (TPSA) is 49.3 Å². The number of carboxylic acid groups (broad SMARTS) is 1. The highest BCUT2D eigenvalue weighted by Crippen LogP contribution is 2.18. The van der Waals surface area contributed by atoms with Gasteiger partial charge in [-0.3, -0.25) is 0 Å². The Balaban J connectivity index is 2.79. The summed E-state index contributed by atoms with van der Waals surface area (Å²) < 4.78 is 0.829. The second-order valence-electron chi connectivity index (χ2n) is 3.65. The van der Waals surface area contributed by atoms with E-state index in [1.807, 2.05) is 6.07 Å². The Kier molecular flexibility index (Phi) is 4.29. The van der Waals surface area contributed by atoms with Crippen molar-refractivity contribution in [3.05, 3.63) is 33.8 Å². The third-order valence-electron chi connectivity index (χ3n) is 2.00. The van der Waals surface area contributed by atoms with E-state index in [0.29, 0.717) is 11.6 Å². The lowest BCUT2D eigenvalue weighted by Gasteiger charge is -2.10. The van der Waals surface area contributed by atoms with Crippen LogP contribution in [-0.4, -0.2) is 17.1 Å². The molecular formula is C11H14BrNO2. The Morgan fingerprint density at radius 3 is 2.67 bits per heavy atom. The van der Waals surface area contributed by atoms with Crippen molar-refractivity contribution in [3.63, 3.8) is 0 Å². The molecule has 1 rings (SSSR count). The fourth-order valence-corrected chi connectivity index (χ4v) is 1.66. The summed E-state index contributed by atoms with van der Waals surface area (Å²) in [6, 6.07) is 5.48. The molecule has 0 spiro atoms. The summed E-state index contributed by atoms with van der Waals surface area (Å²) in [5.74, 6) is -0.904. The highest BCUT2D eigenvalue weighted by Gasteiger charge is 2.06. The minimum absolute atomic E-state index is 0.301. The van der Waals surface area contributed by atoms with Gasteiger partial charge < -0.3 is 10.4 Å². The van der Waals surface area contributed by atoms with E-state index < -0.39 is 5.97 Å². The summed E-state index contributed by atoms with van der Waals surface area (Å²) in [6.07, 6.45) is 0. The molecule has 0 amide bonds. The molecule has 82 valence electrons. The zero-order chi connectivity index (χ0) is 11.4. The molecule has 15 heavy (non-hydrogen) atoms. The third-order valence-corrected chi connectivity index (χ3v) is 2.74. The number of hydrogen-bond acceptors (Lipinski definition) is 2. The van der Waals surface area contributed by atoms with E-state index in [0.717, 1.165) is 16.6 Å². The summed E-state index contributed by atoms with van der Waals surface area (Å²) in [4.78, 5) is 10.7. The lowest BCUT2D eigenvalue weighted by molar-refractivity contribution is 0.0697. The van der Waals surface area contributed by atoms with E-state index in [4.69, 9.17) is 5.11 Å². The molecule has 0 heterocycles. The summed E-state index contributed by atoms with van der Waals surface area (Å²) in [5.41, 5.74) is 1.36. The van der Waals surface area contributed by atoms with Crippen molar-refractivity contribution in [1.29, 1.82) is 0 Å². The number of carboxylic acids is 1. The fraction of sp³-hybridized carbons (Fsp3) is 0.364. The second-order valence-corrected chi connectivity index (χ2v) is 4.50. The Morgan fingerprint density at radius 1 is 1.53 bits per heavy atom. The van der Waals surface area contributed by atoms with Crippen LogP contribution in [0.1, 0.15) is 29.8 Å². The molecule has 2 N–H and O–H groups in total. The van der Waals surface area contributed by atoms with Crippen LogP contribution < -0.4 is 5.32 Å². The van der Waals surface area contributed by atoms with Crippen LogP contribution >= 0.6 is 15.9 Å². The van der Waals surface area contributed by atoms with Gasteiger partial charge in [0.05, 0.1) is 5.56 Å². The van der Waals surface area contributed by atoms with E-state index in [9.17, 15) is 4.79 Å². The highest BCUT2D eigenvalue weighted by atomic mass is 79.9.